The molecule has 56 valence electrons. The second-order valence-corrected chi connectivity index (χ2v) is 2.56. The quantitative estimate of drug-likeness (QED) is 0.523. The van der Waals surface area contributed by atoms with Crippen LogP contribution in [0.4, 0.5) is 4.39 Å². The maximum atomic E-state index is 12.7. The van der Waals surface area contributed by atoms with E-state index in [9.17, 15) is 4.39 Å². The van der Waals surface area contributed by atoms with Gasteiger partial charge in [0, 0.05) is 12.3 Å². The lowest BCUT2D eigenvalue weighted by Crippen LogP contribution is -2.03. The lowest BCUT2D eigenvalue weighted by Gasteiger charge is -1.99. The fourth-order valence-electron chi connectivity index (χ4n) is 1.14. The number of pyridine rings is 1. The average Bonchev–Trinajstić information content (AvgIpc) is 2.04. The predicted octanol–water partition coefficient (Wildman–Crippen LogP) is 1.17. The Hall–Kier alpha value is -1.38. The van der Waals surface area contributed by atoms with Gasteiger partial charge in [-0.1, -0.05) is 17.6 Å². The van der Waals surface area contributed by atoms with Gasteiger partial charge in [-0.2, -0.15) is 0 Å². The van der Waals surface area contributed by atoms with Gasteiger partial charge in [-0.15, -0.1) is 0 Å². The van der Waals surface area contributed by atoms with Crippen molar-refractivity contribution in [3.63, 3.8) is 0 Å². The minimum atomic E-state index is -0.291. The van der Waals surface area contributed by atoms with Crippen molar-refractivity contribution >= 4 is 24.2 Å². The molecule has 0 aliphatic heterocycles. The Labute approximate surface area is 70.7 Å². The zero-order valence-corrected chi connectivity index (χ0v) is 6.29. The van der Waals surface area contributed by atoms with Crippen LogP contribution in [0, 0.1) is 5.82 Å². The van der Waals surface area contributed by atoms with Crippen LogP contribution in [0.2, 0.25) is 0 Å². The number of benzene rings is 1. The molecule has 0 fully saturated rings. The molecule has 0 spiro atoms. The van der Waals surface area contributed by atoms with Crippen molar-refractivity contribution in [2.24, 2.45) is 0 Å². The summed E-state index contributed by atoms with van der Waals surface area (Å²) in [4.78, 5) is 3.98. The van der Waals surface area contributed by atoms with E-state index < -0.39 is 0 Å². The SMILES string of the molecule is [B]c1ccnc2cc(F)ccc12. The molecule has 1 nitrogen and oxygen atoms in total. The number of halogens is 1. The van der Waals surface area contributed by atoms with Crippen LogP contribution in [0.3, 0.4) is 0 Å². The fraction of sp³-hybridized carbons (Fsp3) is 0. The van der Waals surface area contributed by atoms with Crippen molar-refractivity contribution in [2.75, 3.05) is 0 Å². The van der Waals surface area contributed by atoms with E-state index in [1.165, 1.54) is 12.1 Å². The van der Waals surface area contributed by atoms with Crippen molar-refractivity contribution in [1.82, 2.24) is 4.98 Å². The van der Waals surface area contributed by atoms with Crippen LogP contribution in [-0.4, -0.2) is 12.8 Å². The summed E-state index contributed by atoms with van der Waals surface area (Å²) < 4.78 is 12.7. The number of fused-ring (bicyclic) bond motifs is 1. The third-order valence-corrected chi connectivity index (χ3v) is 1.74. The maximum absolute atomic E-state index is 12.7. The van der Waals surface area contributed by atoms with Gasteiger partial charge in [0.15, 0.2) is 0 Å². The molecule has 12 heavy (non-hydrogen) atoms. The molecular formula is C9H5BFN. The van der Waals surface area contributed by atoms with Gasteiger partial charge in [0.05, 0.1) is 5.52 Å². The zero-order valence-electron chi connectivity index (χ0n) is 6.29. The van der Waals surface area contributed by atoms with Crippen LogP contribution in [0.25, 0.3) is 10.9 Å². The molecular weight excluding hydrogens is 152 g/mol. The smallest absolute Gasteiger partial charge is 0.125 e. The van der Waals surface area contributed by atoms with E-state index in [2.05, 4.69) is 4.98 Å². The molecule has 0 N–H and O–H groups in total. The van der Waals surface area contributed by atoms with Crippen molar-refractivity contribution in [3.05, 3.63) is 36.3 Å². The molecule has 1 heterocycles. The highest BCUT2D eigenvalue weighted by atomic mass is 19.1. The molecule has 2 rings (SSSR count). The van der Waals surface area contributed by atoms with Gasteiger partial charge in [-0.3, -0.25) is 4.98 Å². The Morgan fingerprint density at radius 3 is 2.92 bits per heavy atom. The Morgan fingerprint density at radius 2 is 2.08 bits per heavy atom. The molecule has 0 atom stereocenters. The van der Waals surface area contributed by atoms with Crippen molar-refractivity contribution in [1.29, 1.82) is 0 Å². The number of nitrogens with zero attached hydrogens (tertiary/aromatic N) is 1. The van der Waals surface area contributed by atoms with Gasteiger partial charge < -0.3 is 0 Å². The van der Waals surface area contributed by atoms with E-state index in [-0.39, 0.29) is 5.82 Å². The van der Waals surface area contributed by atoms with Gasteiger partial charge >= 0.3 is 0 Å². The van der Waals surface area contributed by atoms with E-state index in [1.807, 2.05) is 0 Å². The highest BCUT2D eigenvalue weighted by Crippen LogP contribution is 2.09. The standard InChI is InChI=1S/C9H5BFN/c10-8-3-4-12-9-5-6(11)1-2-7(8)9/h1-5H. The number of hydrogen-bond donors (Lipinski definition) is 0. The summed E-state index contributed by atoms with van der Waals surface area (Å²) >= 11 is 0. The van der Waals surface area contributed by atoms with E-state index >= 15 is 0 Å². The summed E-state index contributed by atoms with van der Waals surface area (Å²) in [7, 11) is 5.64. The Balaban J connectivity index is 2.86. The molecule has 0 unspecified atom stereocenters. The third-order valence-electron chi connectivity index (χ3n) is 1.74. The Morgan fingerprint density at radius 1 is 1.25 bits per heavy atom. The first kappa shape index (κ1) is 7.28. The lowest BCUT2D eigenvalue weighted by atomic mass is 9.93. The minimum absolute atomic E-state index is 0.291. The first-order valence-electron chi connectivity index (χ1n) is 3.57. The van der Waals surface area contributed by atoms with Crippen molar-refractivity contribution in [2.45, 2.75) is 0 Å². The molecule has 0 bridgehead atoms. The Kier molecular flexibility index (Phi) is 1.57. The summed E-state index contributed by atoms with van der Waals surface area (Å²) in [6.45, 7) is 0. The summed E-state index contributed by atoms with van der Waals surface area (Å²) in [6.07, 6.45) is 1.57. The number of hydrogen-bond acceptors (Lipinski definition) is 1. The highest BCUT2D eigenvalue weighted by Gasteiger charge is 1.97. The van der Waals surface area contributed by atoms with Crippen LogP contribution in [0.1, 0.15) is 0 Å². The molecule has 0 aliphatic carbocycles. The second-order valence-electron chi connectivity index (χ2n) is 2.56. The first-order valence-corrected chi connectivity index (χ1v) is 3.57. The topological polar surface area (TPSA) is 12.9 Å². The van der Waals surface area contributed by atoms with E-state index in [1.54, 1.807) is 18.3 Å². The van der Waals surface area contributed by atoms with Crippen LogP contribution in [0.15, 0.2) is 30.5 Å². The summed E-state index contributed by atoms with van der Waals surface area (Å²) in [5.74, 6) is -0.291. The van der Waals surface area contributed by atoms with Crippen molar-refractivity contribution in [3.8, 4) is 0 Å². The van der Waals surface area contributed by atoms with Gasteiger partial charge in [0.25, 0.3) is 0 Å². The summed E-state index contributed by atoms with van der Waals surface area (Å²) in [5, 5.41) is 0.791. The Bertz CT molecular complexity index is 428. The fourth-order valence-corrected chi connectivity index (χ4v) is 1.14. The average molecular weight is 157 g/mol. The van der Waals surface area contributed by atoms with Crippen LogP contribution < -0.4 is 5.46 Å². The maximum Gasteiger partial charge on any atom is 0.125 e. The minimum Gasteiger partial charge on any atom is -0.256 e. The molecule has 1 aromatic carbocycles. The van der Waals surface area contributed by atoms with Gasteiger partial charge in [0.1, 0.15) is 13.7 Å². The van der Waals surface area contributed by atoms with Crippen LogP contribution in [0.5, 0.6) is 0 Å². The third kappa shape index (κ3) is 1.07. The molecule has 1 aromatic heterocycles. The highest BCUT2D eigenvalue weighted by molar-refractivity contribution is 6.38. The predicted molar refractivity (Wildman–Crippen MR) is 47.1 cm³/mol. The van der Waals surface area contributed by atoms with Gasteiger partial charge in [0.2, 0.25) is 0 Å². The summed E-state index contributed by atoms with van der Waals surface area (Å²) in [6, 6.07) is 6.07. The van der Waals surface area contributed by atoms with E-state index in [0.29, 0.717) is 11.0 Å². The normalized spacial score (nSPS) is 10.4. The van der Waals surface area contributed by atoms with Gasteiger partial charge in [-0.25, -0.2) is 4.39 Å². The summed E-state index contributed by atoms with van der Waals surface area (Å²) in [5.41, 5.74) is 1.22. The monoisotopic (exact) mass is 157 g/mol. The molecule has 0 saturated carbocycles. The van der Waals surface area contributed by atoms with Gasteiger partial charge in [-0.05, 0) is 11.5 Å². The molecule has 3 heteroatoms. The largest absolute Gasteiger partial charge is 0.256 e. The molecule has 0 aliphatic rings. The van der Waals surface area contributed by atoms with E-state index in [0.717, 1.165) is 5.39 Å². The molecule has 0 amide bonds. The van der Waals surface area contributed by atoms with E-state index in [4.69, 9.17) is 7.85 Å². The molecule has 2 aromatic rings. The first-order chi connectivity index (χ1) is 5.77. The number of rotatable bonds is 0. The number of aromatic nitrogens is 1. The van der Waals surface area contributed by atoms with Crippen LogP contribution >= 0.6 is 0 Å². The lowest BCUT2D eigenvalue weighted by molar-refractivity contribution is 0.629. The second kappa shape index (κ2) is 2.59. The molecule has 2 radical (unpaired) electrons. The van der Waals surface area contributed by atoms with Crippen molar-refractivity contribution < 1.29 is 4.39 Å². The van der Waals surface area contributed by atoms with Crippen LogP contribution in [-0.2, 0) is 0 Å². The molecule has 0 saturated heterocycles. The zero-order chi connectivity index (χ0) is 8.55.